The van der Waals surface area contributed by atoms with Crippen LogP contribution >= 0.6 is 0 Å². The lowest BCUT2D eigenvalue weighted by molar-refractivity contribution is -0.115. The molecule has 0 aliphatic carbocycles. The Morgan fingerprint density at radius 2 is 2.16 bits per heavy atom. The Labute approximate surface area is 112 Å². The summed E-state index contributed by atoms with van der Waals surface area (Å²) >= 11 is 0. The van der Waals surface area contributed by atoms with Crippen LogP contribution < -0.4 is 10.1 Å². The third kappa shape index (κ3) is 7.86. The highest BCUT2D eigenvalue weighted by atomic mass is 19.1. The van der Waals surface area contributed by atoms with Gasteiger partial charge in [0.25, 0.3) is 0 Å². The van der Waals surface area contributed by atoms with Gasteiger partial charge in [-0.25, -0.2) is 4.39 Å². The number of carbonyl (C=O) groups is 1. The smallest absolute Gasteiger partial charge is 0.231 e. The predicted octanol–water partition coefficient (Wildman–Crippen LogP) is 2.82. The van der Waals surface area contributed by atoms with E-state index >= 15 is 0 Å². The number of alkyl halides is 1. The molecule has 1 amide bonds. The molecule has 19 heavy (non-hydrogen) atoms. The Morgan fingerprint density at radius 1 is 1.47 bits per heavy atom. The van der Waals surface area contributed by atoms with Crippen LogP contribution in [0.4, 0.5) is 10.2 Å². The van der Waals surface area contributed by atoms with Crippen LogP contribution in [-0.4, -0.2) is 29.9 Å². The fourth-order valence-corrected chi connectivity index (χ4v) is 1.14. The van der Waals surface area contributed by atoms with Gasteiger partial charge >= 0.3 is 0 Å². The van der Waals surface area contributed by atoms with Gasteiger partial charge in [-0.2, -0.15) is 4.98 Å². The Morgan fingerprint density at radius 3 is 2.74 bits per heavy atom. The van der Waals surface area contributed by atoms with Gasteiger partial charge in [-0.05, 0) is 13.0 Å². The number of hydrogen-bond acceptors (Lipinski definition) is 4. The molecular formula is C13H20FN3O2. The molecule has 1 rings (SSSR count). The lowest BCUT2D eigenvalue weighted by Crippen LogP contribution is -2.15. The molecule has 106 valence electrons. The van der Waals surface area contributed by atoms with E-state index < -0.39 is 6.67 Å². The number of amides is 1. The van der Waals surface area contributed by atoms with Gasteiger partial charge in [-0.1, -0.05) is 19.9 Å². The maximum absolute atomic E-state index is 11.9. The van der Waals surface area contributed by atoms with Gasteiger partial charge in [0.15, 0.2) is 0 Å². The quantitative estimate of drug-likeness (QED) is 0.780. The first-order chi connectivity index (χ1) is 9.11. The van der Waals surface area contributed by atoms with Gasteiger partial charge in [0.05, 0.1) is 6.42 Å². The second-order valence-electron chi connectivity index (χ2n) is 3.40. The van der Waals surface area contributed by atoms with Gasteiger partial charge in [0.2, 0.25) is 11.8 Å². The van der Waals surface area contributed by atoms with Crippen LogP contribution in [0.25, 0.3) is 0 Å². The molecule has 0 aliphatic rings. The number of nitrogens with one attached hydrogen (secondary N) is 2. The van der Waals surface area contributed by atoms with E-state index in [1.54, 1.807) is 25.1 Å². The number of ether oxygens (including phenoxy) is 1. The number of aromatic nitrogens is 1. The molecule has 0 radical (unpaired) electrons. The molecule has 1 aromatic rings. The molecule has 0 saturated heterocycles. The molecule has 2 N–H and O–H groups in total. The van der Waals surface area contributed by atoms with Crippen LogP contribution in [0.2, 0.25) is 0 Å². The van der Waals surface area contributed by atoms with Gasteiger partial charge in [-0.3, -0.25) is 4.79 Å². The van der Waals surface area contributed by atoms with Crippen LogP contribution in [0.1, 0.15) is 27.2 Å². The third-order valence-electron chi connectivity index (χ3n) is 1.74. The molecular weight excluding hydrogens is 249 g/mol. The molecule has 0 bridgehead atoms. The highest BCUT2D eigenvalue weighted by molar-refractivity contribution is 6.04. The molecule has 0 fully saturated rings. The highest BCUT2D eigenvalue weighted by Gasteiger charge is 2.05. The van der Waals surface area contributed by atoms with Crippen molar-refractivity contribution in [3.63, 3.8) is 0 Å². The number of nitrogens with zero attached hydrogens (tertiary/aromatic N) is 1. The van der Waals surface area contributed by atoms with Crippen molar-refractivity contribution in [2.75, 3.05) is 18.6 Å². The summed E-state index contributed by atoms with van der Waals surface area (Å²) in [5.74, 6) is 0.271. The van der Waals surface area contributed by atoms with Crippen LogP contribution in [0, 0.1) is 5.41 Å². The maximum Gasteiger partial charge on any atom is 0.231 e. The monoisotopic (exact) mass is 269 g/mol. The van der Waals surface area contributed by atoms with Crippen molar-refractivity contribution in [3.8, 4) is 5.88 Å². The van der Waals surface area contributed by atoms with Crippen molar-refractivity contribution >= 4 is 17.4 Å². The number of hydrogen-bond donors (Lipinski definition) is 2. The summed E-state index contributed by atoms with van der Waals surface area (Å²) < 4.78 is 16.9. The van der Waals surface area contributed by atoms with Crippen LogP contribution in [-0.2, 0) is 4.79 Å². The second kappa shape index (κ2) is 9.99. The number of halogens is 1. The maximum atomic E-state index is 11.9. The zero-order valence-electron chi connectivity index (χ0n) is 11.5. The van der Waals surface area contributed by atoms with Crippen molar-refractivity contribution in [2.45, 2.75) is 27.2 Å². The predicted molar refractivity (Wildman–Crippen MR) is 73.7 cm³/mol. The Bertz CT molecular complexity index is 411. The van der Waals surface area contributed by atoms with Crippen molar-refractivity contribution in [3.05, 3.63) is 18.2 Å². The molecule has 0 spiro atoms. The first-order valence-electron chi connectivity index (χ1n) is 6.11. The lowest BCUT2D eigenvalue weighted by atomic mass is 10.3. The summed E-state index contributed by atoms with van der Waals surface area (Å²) in [5.41, 5.74) is 0.271. The van der Waals surface area contributed by atoms with Gasteiger partial charge in [0, 0.05) is 11.8 Å². The standard InChI is InChI=1S/C11H14FN3O2.C2H6/c1-8(13)7-10(16)14-9-3-2-4-11(15-9)17-6-5-12;1-2/h2-4,13H,5-7H2,1H3,(H,14,15,16);1-2H3. The minimum absolute atomic E-state index is 0.0250. The fourth-order valence-electron chi connectivity index (χ4n) is 1.14. The minimum atomic E-state index is -0.592. The molecule has 1 heterocycles. The summed E-state index contributed by atoms with van der Waals surface area (Å²) in [6.45, 7) is 4.89. The summed E-state index contributed by atoms with van der Waals surface area (Å²) in [4.78, 5) is 15.3. The van der Waals surface area contributed by atoms with Crippen LogP contribution in [0.5, 0.6) is 5.88 Å². The fraction of sp³-hybridized carbons (Fsp3) is 0.462. The Hall–Kier alpha value is -1.98. The average molecular weight is 269 g/mol. The largest absolute Gasteiger partial charge is 0.475 e. The summed E-state index contributed by atoms with van der Waals surface area (Å²) in [7, 11) is 0. The SMILES string of the molecule is CC.CC(=N)CC(=O)Nc1cccc(OCCF)n1. The Balaban J connectivity index is 0.00000154. The van der Waals surface area contributed by atoms with Gasteiger partial charge in [-0.15, -0.1) is 0 Å². The normalized spacial score (nSPS) is 9.05. The first-order valence-corrected chi connectivity index (χ1v) is 6.11. The Kier molecular flexibility index (Phi) is 8.95. The number of pyridine rings is 1. The van der Waals surface area contributed by atoms with Crippen molar-refractivity contribution < 1.29 is 13.9 Å². The number of rotatable bonds is 6. The van der Waals surface area contributed by atoms with E-state index in [-0.39, 0.29) is 30.5 Å². The average Bonchev–Trinajstić information content (AvgIpc) is 2.38. The molecule has 6 heteroatoms. The molecule has 0 unspecified atom stereocenters. The van der Waals surface area contributed by atoms with E-state index in [1.165, 1.54) is 0 Å². The van der Waals surface area contributed by atoms with Crippen LogP contribution in [0.15, 0.2) is 18.2 Å². The summed E-state index contributed by atoms with van der Waals surface area (Å²) in [6, 6.07) is 4.82. The molecule has 0 atom stereocenters. The second-order valence-corrected chi connectivity index (χ2v) is 3.40. The molecule has 0 saturated carbocycles. The molecule has 5 nitrogen and oxygen atoms in total. The third-order valence-corrected chi connectivity index (χ3v) is 1.74. The molecule has 0 aromatic carbocycles. The van der Waals surface area contributed by atoms with E-state index in [1.807, 2.05) is 13.8 Å². The number of anilines is 1. The van der Waals surface area contributed by atoms with Crippen molar-refractivity contribution in [1.82, 2.24) is 4.98 Å². The molecule has 1 aromatic heterocycles. The lowest BCUT2D eigenvalue weighted by Gasteiger charge is -2.06. The van der Waals surface area contributed by atoms with E-state index in [2.05, 4.69) is 10.3 Å². The zero-order valence-corrected chi connectivity index (χ0v) is 11.5. The van der Waals surface area contributed by atoms with E-state index in [0.29, 0.717) is 5.82 Å². The minimum Gasteiger partial charge on any atom is -0.475 e. The van der Waals surface area contributed by atoms with Crippen molar-refractivity contribution in [2.24, 2.45) is 0 Å². The molecule has 0 aliphatic heterocycles. The van der Waals surface area contributed by atoms with Crippen molar-refractivity contribution in [1.29, 1.82) is 5.41 Å². The topological polar surface area (TPSA) is 75.1 Å². The summed E-state index contributed by atoms with van der Waals surface area (Å²) in [6.07, 6.45) is 0.0250. The van der Waals surface area contributed by atoms with E-state index in [9.17, 15) is 9.18 Å². The van der Waals surface area contributed by atoms with Crippen LogP contribution in [0.3, 0.4) is 0 Å². The first kappa shape index (κ1) is 17.0. The van der Waals surface area contributed by atoms with Gasteiger partial charge in [0.1, 0.15) is 19.1 Å². The summed E-state index contributed by atoms with van der Waals surface area (Å²) in [5, 5.41) is 9.70. The highest BCUT2D eigenvalue weighted by Crippen LogP contribution is 2.11. The van der Waals surface area contributed by atoms with E-state index in [4.69, 9.17) is 10.1 Å². The van der Waals surface area contributed by atoms with Gasteiger partial charge < -0.3 is 15.5 Å². The van der Waals surface area contributed by atoms with E-state index in [0.717, 1.165) is 0 Å². The zero-order chi connectivity index (χ0) is 14.7. The number of carbonyl (C=O) groups excluding carboxylic acids is 1.